The average molecular weight is 175 g/mol. The second-order valence-electron chi connectivity index (χ2n) is 3.26. The van der Waals surface area contributed by atoms with Gasteiger partial charge in [0, 0.05) is 12.7 Å². The molecule has 0 unspecified atom stereocenters. The molecule has 0 saturated carbocycles. The highest BCUT2D eigenvalue weighted by atomic mass is 14.8. The van der Waals surface area contributed by atoms with E-state index in [0.29, 0.717) is 0 Å². The van der Waals surface area contributed by atoms with Gasteiger partial charge in [-0.1, -0.05) is 25.6 Å². The van der Waals surface area contributed by atoms with Crippen LogP contribution in [0.5, 0.6) is 0 Å². The molecule has 1 aromatic carbocycles. The Morgan fingerprint density at radius 3 is 2.62 bits per heavy atom. The fraction of sp³-hybridized carbons (Fsp3) is 0.333. The molecule has 0 bridgehead atoms. The third kappa shape index (κ3) is 2.11. The third-order valence-corrected chi connectivity index (χ3v) is 2.22. The summed E-state index contributed by atoms with van der Waals surface area (Å²) in [6.45, 7) is 8.14. The Labute approximate surface area is 80.5 Å². The SMILES string of the molecule is C=C(C)c1ccc(CC)cc1NC. The monoisotopic (exact) mass is 175 g/mol. The van der Waals surface area contributed by atoms with E-state index < -0.39 is 0 Å². The van der Waals surface area contributed by atoms with Crippen molar-refractivity contribution in [1.29, 1.82) is 0 Å². The lowest BCUT2D eigenvalue weighted by Gasteiger charge is -2.10. The maximum absolute atomic E-state index is 3.95. The van der Waals surface area contributed by atoms with Crippen molar-refractivity contribution in [2.45, 2.75) is 20.3 Å². The number of hydrogen-bond donors (Lipinski definition) is 1. The molecule has 0 atom stereocenters. The second kappa shape index (κ2) is 4.13. The molecule has 0 aliphatic rings. The van der Waals surface area contributed by atoms with E-state index in [1.54, 1.807) is 0 Å². The number of allylic oxidation sites excluding steroid dienone is 1. The highest BCUT2D eigenvalue weighted by Gasteiger charge is 2.01. The van der Waals surface area contributed by atoms with Gasteiger partial charge in [0.2, 0.25) is 0 Å². The van der Waals surface area contributed by atoms with E-state index in [2.05, 4.69) is 37.0 Å². The fourth-order valence-corrected chi connectivity index (χ4v) is 1.39. The lowest BCUT2D eigenvalue weighted by atomic mass is 10.0. The Hall–Kier alpha value is -1.24. The van der Waals surface area contributed by atoms with Crippen molar-refractivity contribution in [3.8, 4) is 0 Å². The minimum absolute atomic E-state index is 1.07. The maximum atomic E-state index is 3.95. The van der Waals surface area contributed by atoms with E-state index in [-0.39, 0.29) is 0 Å². The van der Waals surface area contributed by atoms with Crippen LogP contribution in [-0.4, -0.2) is 7.05 Å². The van der Waals surface area contributed by atoms with Crippen LogP contribution in [0.1, 0.15) is 25.0 Å². The van der Waals surface area contributed by atoms with Crippen LogP contribution in [-0.2, 0) is 6.42 Å². The van der Waals surface area contributed by atoms with Gasteiger partial charge in [0.05, 0.1) is 0 Å². The minimum atomic E-state index is 1.07. The number of rotatable bonds is 3. The van der Waals surface area contributed by atoms with E-state index in [1.165, 1.54) is 16.8 Å². The standard InChI is InChI=1S/C12H17N/c1-5-10-6-7-11(9(2)3)12(8-10)13-4/h6-8,13H,2,5H2,1,3-4H3. The zero-order valence-corrected chi connectivity index (χ0v) is 8.65. The quantitative estimate of drug-likeness (QED) is 0.743. The lowest BCUT2D eigenvalue weighted by molar-refractivity contribution is 1.14. The summed E-state index contributed by atoms with van der Waals surface area (Å²) in [6.07, 6.45) is 1.07. The van der Waals surface area contributed by atoms with E-state index >= 15 is 0 Å². The van der Waals surface area contributed by atoms with Gasteiger partial charge in [-0.2, -0.15) is 0 Å². The molecular weight excluding hydrogens is 158 g/mol. The van der Waals surface area contributed by atoms with Gasteiger partial charge >= 0.3 is 0 Å². The molecule has 70 valence electrons. The van der Waals surface area contributed by atoms with Crippen molar-refractivity contribution in [1.82, 2.24) is 0 Å². The van der Waals surface area contributed by atoms with Crippen LogP contribution in [0.15, 0.2) is 24.8 Å². The van der Waals surface area contributed by atoms with Crippen LogP contribution in [0.2, 0.25) is 0 Å². The molecule has 1 N–H and O–H groups in total. The lowest BCUT2D eigenvalue weighted by Crippen LogP contribution is -1.94. The molecule has 0 saturated heterocycles. The molecule has 0 aliphatic carbocycles. The summed E-state index contributed by atoms with van der Waals surface area (Å²) in [4.78, 5) is 0. The number of hydrogen-bond acceptors (Lipinski definition) is 1. The molecule has 0 aromatic heterocycles. The van der Waals surface area contributed by atoms with Crippen molar-refractivity contribution in [2.24, 2.45) is 0 Å². The molecule has 0 spiro atoms. The first-order chi connectivity index (χ1) is 6.19. The van der Waals surface area contributed by atoms with Crippen LogP contribution in [0.4, 0.5) is 5.69 Å². The predicted octanol–water partition coefficient (Wildman–Crippen LogP) is 3.32. The summed E-state index contributed by atoms with van der Waals surface area (Å²) >= 11 is 0. The first-order valence-corrected chi connectivity index (χ1v) is 4.65. The van der Waals surface area contributed by atoms with Crippen LogP contribution in [0.3, 0.4) is 0 Å². The van der Waals surface area contributed by atoms with Gasteiger partial charge in [0.15, 0.2) is 0 Å². The smallest absolute Gasteiger partial charge is 0.0416 e. The van der Waals surface area contributed by atoms with Gasteiger partial charge in [0.25, 0.3) is 0 Å². The topological polar surface area (TPSA) is 12.0 Å². The first-order valence-electron chi connectivity index (χ1n) is 4.65. The van der Waals surface area contributed by atoms with Crippen molar-refractivity contribution in [2.75, 3.05) is 12.4 Å². The Morgan fingerprint density at radius 2 is 2.15 bits per heavy atom. The zero-order valence-electron chi connectivity index (χ0n) is 8.65. The van der Waals surface area contributed by atoms with Gasteiger partial charge in [-0.05, 0) is 36.1 Å². The van der Waals surface area contributed by atoms with Gasteiger partial charge < -0.3 is 5.32 Å². The van der Waals surface area contributed by atoms with Gasteiger partial charge in [-0.25, -0.2) is 0 Å². The largest absolute Gasteiger partial charge is 0.388 e. The molecule has 0 amide bonds. The summed E-state index contributed by atoms with van der Waals surface area (Å²) in [5.74, 6) is 0. The van der Waals surface area contributed by atoms with Crippen LogP contribution in [0, 0.1) is 0 Å². The summed E-state index contributed by atoms with van der Waals surface area (Å²) in [5.41, 5.74) is 4.84. The summed E-state index contributed by atoms with van der Waals surface area (Å²) in [6, 6.07) is 6.47. The Bertz CT molecular complexity index is 313. The molecule has 1 aromatic rings. The van der Waals surface area contributed by atoms with Gasteiger partial charge in [-0.3, -0.25) is 0 Å². The highest BCUT2D eigenvalue weighted by Crippen LogP contribution is 2.23. The van der Waals surface area contributed by atoms with Crippen molar-refractivity contribution < 1.29 is 0 Å². The van der Waals surface area contributed by atoms with Crippen molar-refractivity contribution in [3.05, 3.63) is 35.9 Å². The summed E-state index contributed by atoms with van der Waals surface area (Å²) in [5, 5.41) is 3.19. The van der Waals surface area contributed by atoms with E-state index in [1.807, 2.05) is 14.0 Å². The van der Waals surface area contributed by atoms with Gasteiger partial charge in [0.1, 0.15) is 0 Å². The summed E-state index contributed by atoms with van der Waals surface area (Å²) in [7, 11) is 1.95. The van der Waals surface area contributed by atoms with Crippen LogP contribution in [0.25, 0.3) is 5.57 Å². The molecule has 1 heteroatoms. The molecule has 0 aliphatic heterocycles. The molecule has 1 nitrogen and oxygen atoms in total. The van der Waals surface area contributed by atoms with E-state index in [9.17, 15) is 0 Å². The molecule has 0 fully saturated rings. The Kier molecular flexibility index (Phi) is 3.13. The first kappa shape index (κ1) is 9.85. The Balaban J connectivity index is 3.15. The molecule has 13 heavy (non-hydrogen) atoms. The predicted molar refractivity (Wildman–Crippen MR) is 60.1 cm³/mol. The molecule has 1 rings (SSSR count). The average Bonchev–Trinajstić information content (AvgIpc) is 2.16. The fourth-order valence-electron chi connectivity index (χ4n) is 1.39. The highest BCUT2D eigenvalue weighted by molar-refractivity contribution is 5.74. The normalized spacial score (nSPS) is 9.77. The van der Waals surface area contributed by atoms with E-state index in [4.69, 9.17) is 0 Å². The number of benzene rings is 1. The molecule has 0 heterocycles. The Morgan fingerprint density at radius 1 is 1.46 bits per heavy atom. The molecular formula is C12H17N. The third-order valence-electron chi connectivity index (χ3n) is 2.22. The van der Waals surface area contributed by atoms with Crippen LogP contribution < -0.4 is 5.32 Å². The van der Waals surface area contributed by atoms with Crippen molar-refractivity contribution in [3.63, 3.8) is 0 Å². The zero-order chi connectivity index (χ0) is 9.84. The number of aryl methyl sites for hydroxylation is 1. The number of nitrogens with one attached hydrogen (secondary N) is 1. The summed E-state index contributed by atoms with van der Waals surface area (Å²) < 4.78 is 0. The second-order valence-corrected chi connectivity index (χ2v) is 3.26. The maximum Gasteiger partial charge on any atom is 0.0416 e. The van der Waals surface area contributed by atoms with Crippen molar-refractivity contribution >= 4 is 11.3 Å². The number of anilines is 1. The molecule has 0 radical (unpaired) electrons. The van der Waals surface area contributed by atoms with Crippen LogP contribution >= 0.6 is 0 Å². The van der Waals surface area contributed by atoms with Gasteiger partial charge in [-0.15, -0.1) is 0 Å². The minimum Gasteiger partial charge on any atom is -0.388 e. The van der Waals surface area contributed by atoms with E-state index in [0.717, 1.165) is 12.0 Å².